The highest BCUT2D eigenvalue weighted by Crippen LogP contribution is 2.21. The van der Waals surface area contributed by atoms with Crippen LogP contribution < -0.4 is 0 Å². The first-order chi connectivity index (χ1) is 15.9. The number of carbonyl (C=O) groups is 2. The van der Waals surface area contributed by atoms with E-state index in [0.29, 0.717) is 0 Å². The number of aliphatic carboxylic acids is 1. The van der Waals surface area contributed by atoms with E-state index in [1.54, 1.807) is 24.3 Å². The molecule has 1 rings (SSSR count). The van der Waals surface area contributed by atoms with Crippen molar-refractivity contribution in [1.29, 1.82) is 0 Å². The number of ether oxygens (including phenoxy) is 2. The zero-order valence-electron chi connectivity index (χ0n) is 19.5. The summed E-state index contributed by atoms with van der Waals surface area (Å²) in [5.41, 5.74) is 2.26. The number of allylic oxidation sites excluding steroid dienone is 12. The largest absolute Gasteiger partial charge is 0.478 e. The number of hydrogen-bond donors (Lipinski definition) is 5. The van der Waals surface area contributed by atoms with Gasteiger partial charge in [0.1, 0.15) is 18.3 Å². The Bertz CT molecular complexity index is 934. The molecular formula is C25H32O9. The fourth-order valence-corrected chi connectivity index (χ4v) is 2.48. The van der Waals surface area contributed by atoms with Crippen molar-refractivity contribution in [3.63, 3.8) is 0 Å². The second kappa shape index (κ2) is 14.2. The summed E-state index contributed by atoms with van der Waals surface area (Å²) in [6.45, 7) is 6.74. The number of carboxylic acid groups (broad SMARTS) is 1. The minimum absolute atomic E-state index is 0.183. The van der Waals surface area contributed by atoms with Gasteiger partial charge < -0.3 is 35.0 Å². The van der Waals surface area contributed by atoms with Crippen LogP contribution in [0.1, 0.15) is 27.7 Å². The molecule has 0 radical (unpaired) electrons. The molecule has 0 unspecified atom stereocenters. The Hall–Kier alpha value is -3.08. The molecule has 1 heterocycles. The van der Waals surface area contributed by atoms with E-state index in [9.17, 15) is 30.0 Å². The molecule has 1 aliphatic rings. The normalized spacial score (nSPS) is 27.7. The Balaban J connectivity index is 2.62. The minimum Gasteiger partial charge on any atom is -0.478 e. The van der Waals surface area contributed by atoms with Gasteiger partial charge in [0, 0.05) is 11.1 Å². The Labute approximate surface area is 198 Å². The molecule has 34 heavy (non-hydrogen) atoms. The summed E-state index contributed by atoms with van der Waals surface area (Å²) in [6.07, 6.45) is 8.66. The second-order valence-corrected chi connectivity index (χ2v) is 7.70. The highest BCUT2D eigenvalue weighted by Gasteiger charge is 2.45. The van der Waals surface area contributed by atoms with Crippen molar-refractivity contribution in [2.45, 2.75) is 58.6 Å². The molecule has 0 saturated carbocycles. The van der Waals surface area contributed by atoms with E-state index in [1.807, 2.05) is 38.2 Å². The van der Waals surface area contributed by atoms with Crippen LogP contribution in [0.25, 0.3) is 0 Å². The summed E-state index contributed by atoms with van der Waals surface area (Å²) < 4.78 is 9.76. The summed E-state index contributed by atoms with van der Waals surface area (Å²) in [5, 5.41) is 47.2. The highest BCUT2D eigenvalue weighted by molar-refractivity contribution is 5.88. The number of carbonyl (C=O) groups excluding carboxylic acids is 1. The van der Waals surface area contributed by atoms with Gasteiger partial charge in [0.2, 0.25) is 6.29 Å². The van der Waals surface area contributed by atoms with Crippen LogP contribution in [0.3, 0.4) is 0 Å². The minimum atomic E-state index is -1.80. The van der Waals surface area contributed by atoms with Crippen LogP contribution in [-0.2, 0) is 19.1 Å². The van der Waals surface area contributed by atoms with Gasteiger partial charge in [-0.15, -0.1) is 0 Å². The first kappa shape index (κ1) is 29.0. The lowest BCUT2D eigenvalue weighted by Gasteiger charge is -2.37. The standard InChI is InChI=1S/C25H32O9/c1-15(11-7-13-17(3)22(29)30)9-5-6-10-16(2)12-8-14-18(4)23(31)33-25-21(28)19(26)20(27)24(32)34-25/h5-14,19-21,24-28,32H,1-4H3,(H,29,30)/b6-5+,11-7+,12-8+,15-9+,16-10+,17-13+,18-14+/t19-,20-,21+,24-,25+/m0/s1. The molecule has 0 aliphatic carbocycles. The molecule has 1 saturated heterocycles. The van der Waals surface area contributed by atoms with E-state index in [1.165, 1.54) is 26.0 Å². The van der Waals surface area contributed by atoms with Gasteiger partial charge in [-0.2, -0.15) is 0 Å². The lowest BCUT2D eigenvalue weighted by atomic mass is 10.0. The second-order valence-electron chi connectivity index (χ2n) is 7.70. The fourth-order valence-electron chi connectivity index (χ4n) is 2.48. The Morgan fingerprint density at radius 2 is 1.21 bits per heavy atom. The molecule has 1 aliphatic heterocycles. The summed E-state index contributed by atoms with van der Waals surface area (Å²) in [5.74, 6) is -1.78. The van der Waals surface area contributed by atoms with E-state index >= 15 is 0 Å². The zero-order valence-corrected chi connectivity index (χ0v) is 19.5. The predicted molar refractivity (Wildman–Crippen MR) is 125 cm³/mol. The lowest BCUT2D eigenvalue weighted by molar-refractivity contribution is -0.330. The molecule has 0 spiro atoms. The van der Waals surface area contributed by atoms with Gasteiger partial charge in [-0.05, 0) is 27.7 Å². The van der Waals surface area contributed by atoms with Crippen LogP contribution in [-0.4, -0.2) is 68.4 Å². The summed E-state index contributed by atoms with van der Waals surface area (Å²) in [6, 6.07) is 0. The van der Waals surface area contributed by atoms with Crippen LogP contribution in [0.2, 0.25) is 0 Å². The van der Waals surface area contributed by atoms with Gasteiger partial charge in [0.25, 0.3) is 0 Å². The third-order valence-electron chi connectivity index (χ3n) is 4.67. The smallest absolute Gasteiger partial charge is 0.336 e. The third-order valence-corrected chi connectivity index (χ3v) is 4.67. The highest BCUT2D eigenvalue weighted by atomic mass is 16.8. The fraction of sp³-hybridized carbons (Fsp3) is 0.360. The van der Waals surface area contributed by atoms with E-state index in [2.05, 4.69) is 0 Å². The summed E-state index contributed by atoms with van der Waals surface area (Å²) in [7, 11) is 0. The predicted octanol–water partition coefficient (Wildman–Crippen LogP) is 1.83. The summed E-state index contributed by atoms with van der Waals surface area (Å²) in [4.78, 5) is 22.9. The number of esters is 1. The van der Waals surface area contributed by atoms with E-state index < -0.39 is 42.8 Å². The molecule has 0 bridgehead atoms. The molecule has 0 aromatic heterocycles. The molecule has 9 nitrogen and oxygen atoms in total. The van der Waals surface area contributed by atoms with Gasteiger partial charge in [-0.1, -0.05) is 71.9 Å². The van der Waals surface area contributed by atoms with Crippen molar-refractivity contribution in [1.82, 2.24) is 0 Å². The molecule has 0 aromatic rings. The maximum Gasteiger partial charge on any atom is 0.336 e. The Kier molecular flexibility index (Phi) is 12.1. The maximum absolute atomic E-state index is 12.1. The molecule has 5 N–H and O–H groups in total. The van der Waals surface area contributed by atoms with E-state index in [4.69, 9.17) is 14.6 Å². The quantitative estimate of drug-likeness (QED) is 0.190. The van der Waals surface area contributed by atoms with Gasteiger partial charge in [-0.25, -0.2) is 9.59 Å². The number of rotatable bonds is 9. The van der Waals surface area contributed by atoms with E-state index in [0.717, 1.165) is 11.1 Å². The van der Waals surface area contributed by atoms with Crippen molar-refractivity contribution in [3.05, 3.63) is 83.1 Å². The van der Waals surface area contributed by atoms with Crippen molar-refractivity contribution in [2.24, 2.45) is 0 Å². The van der Waals surface area contributed by atoms with Gasteiger partial charge >= 0.3 is 11.9 Å². The number of carboxylic acids is 1. The monoisotopic (exact) mass is 476 g/mol. The average molecular weight is 477 g/mol. The van der Waals surface area contributed by atoms with Crippen molar-refractivity contribution in [3.8, 4) is 0 Å². The van der Waals surface area contributed by atoms with Gasteiger partial charge in [0.05, 0.1) is 0 Å². The molecule has 5 atom stereocenters. The van der Waals surface area contributed by atoms with Crippen LogP contribution in [0.5, 0.6) is 0 Å². The zero-order chi connectivity index (χ0) is 25.8. The first-order valence-corrected chi connectivity index (χ1v) is 10.5. The molecule has 0 amide bonds. The molecule has 9 heteroatoms. The Morgan fingerprint density at radius 3 is 1.71 bits per heavy atom. The van der Waals surface area contributed by atoms with Crippen molar-refractivity contribution >= 4 is 11.9 Å². The topological polar surface area (TPSA) is 154 Å². The molecule has 1 fully saturated rings. The maximum atomic E-state index is 12.1. The third kappa shape index (κ3) is 9.82. The van der Waals surface area contributed by atoms with Crippen LogP contribution in [0.15, 0.2) is 83.1 Å². The molecule has 0 aromatic carbocycles. The van der Waals surface area contributed by atoms with Gasteiger partial charge in [-0.3, -0.25) is 0 Å². The first-order valence-electron chi connectivity index (χ1n) is 10.5. The van der Waals surface area contributed by atoms with Crippen LogP contribution in [0, 0.1) is 0 Å². The van der Waals surface area contributed by atoms with E-state index in [-0.39, 0.29) is 11.1 Å². The number of hydrogen-bond acceptors (Lipinski definition) is 8. The van der Waals surface area contributed by atoms with Crippen molar-refractivity contribution < 1.29 is 44.6 Å². The average Bonchev–Trinajstić information content (AvgIpc) is 2.78. The molecule has 186 valence electrons. The molecular weight excluding hydrogens is 444 g/mol. The Morgan fingerprint density at radius 1 is 0.706 bits per heavy atom. The van der Waals surface area contributed by atoms with Gasteiger partial charge in [0.15, 0.2) is 6.29 Å². The van der Waals surface area contributed by atoms with Crippen molar-refractivity contribution in [2.75, 3.05) is 0 Å². The summed E-state index contributed by atoms with van der Waals surface area (Å²) >= 11 is 0. The SMILES string of the molecule is CC(/C=C/C=C(\C)C(=O)O)=C\C=C\C=C(C)\C=C\C=C(/C)C(=O)O[C@@H]1O[C@H](O)[C@@H](O)[C@H](O)[C@H]1O. The number of aliphatic hydroxyl groups excluding tert-OH is 4. The number of aliphatic hydroxyl groups is 4. The van der Waals surface area contributed by atoms with Crippen LogP contribution in [0.4, 0.5) is 0 Å². The lowest BCUT2D eigenvalue weighted by Crippen LogP contribution is -2.58. The van der Waals surface area contributed by atoms with Crippen LogP contribution >= 0.6 is 0 Å².